The quantitative estimate of drug-likeness (QED) is 0.825. The first kappa shape index (κ1) is 13.7. The highest BCUT2D eigenvalue weighted by atomic mass is 35.5. The molecule has 1 aromatic carbocycles. The number of halogens is 1. The Balaban J connectivity index is 2.04. The summed E-state index contributed by atoms with van der Waals surface area (Å²) >= 11 is 6.24. The Morgan fingerprint density at radius 3 is 2.89 bits per heavy atom. The standard InChI is InChI=1S/C14H20ClNO2/c1-10(9-17-2)18-14-5-3-4-13(15)12(14)8-16-11-6-7-11/h3-5,10-11,16H,6-9H2,1-2H3. The molecule has 0 saturated heterocycles. The molecule has 4 heteroatoms. The fourth-order valence-corrected chi connectivity index (χ4v) is 2.07. The molecule has 0 spiro atoms. The predicted molar refractivity (Wildman–Crippen MR) is 73.3 cm³/mol. The summed E-state index contributed by atoms with van der Waals surface area (Å²) in [6.45, 7) is 3.32. The summed E-state index contributed by atoms with van der Waals surface area (Å²) in [5.41, 5.74) is 1.04. The van der Waals surface area contributed by atoms with E-state index in [1.165, 1.54) is 12.8 Å². The van der Waals surface area contributed by atoms with Crippen molar-refractivity contribution < 1.29 is 9.47 Å². The Kier molecular flexibility index (Phi) is 4.87. The maximum Gasteiger partial charge on any atom is 0.125 e. The molecule has 1 aromatic rings. The molecule has 1 aliphatic rings. The highest BCUT2D eigenvalue weighted by molar-refractivity contribution is 6.31. The lowest BCUT2D eigenvalue weighted by Gasteiger charge is -2.18. The molecular weight excluding hydrogens is 250 g/mol. The first-order valence-corrected chi connectivity index (χ1v) is 6.75. The van der Waals surface area contributed by atoms with Gasteiger partial charge in [0.15, 0.2) is 0 Å². The summed E-state index contributed by atoms with van der Waals surface area (Å²) in [6.07, 6.45) is 2.55. The van der Waals surface area contributed by atoms with Gasteiger partial charge in [0.1, 0.15) is 11.9 Å². The summed E-state index contributed by atoms with van der Waals surface area (Å²) in [6, 6.07) is 6.43. The average Bonchev–Trinajstić information content (AvgIpc) is 3.12. The van der Waals surface area contributed by atoms with Crippen molar-refractivity contribution in [2.75, 3.05) is 13.7 Å². The molecule has 1 atom stereocenters. The smallest absolute Gasteiger partial charge is 0.125 e. The van der Waals surface area contributed by atoms with Gasteiger partial charge in [-0.3, -0.25) is 0 Å². The van der Waals surface area contributed by atoms with Gasteiger partial charge < -0.3 is 14.8 Å². The van der Waals surface area contributed by atoms with Gasteiger partial charge in [0.2, 0.25) is 0 Å². The number of nitrogens with one attached hydrogen (secondary N) is 1. The van der Waals surface area contributed by atoms with Crippen LogP contribution in [-0.2, 0) is 11.3 Å². The summed E-state index contributed by atoms with van der Waals surface area (Å²) in [7, 11) is 1.67. The second kappa shape index (κ2) is 6.41. The first-order chi connectivity index (χ1) is 8.70. The molecule has 0 heterocycles. The first-order valence-electron chi connectivity index (χ1n) is 6.37. The highest BCUT2D eigenvalue weighted by Gasteiger charge is 2.21. The van der Waals surface area contributed by atoms with Crippen LogP contribution in [0.5, 0.6) is 5.75 Å². The van der Waals surface area contributed by atoms with Gasteiger partial charge in [0.25, 0.3) is 0 Å². The van der Waals surface area contributed by atoms with Gasteiger partial charge >= 0.3 is 0 Å². The van der Waals surface area contributed by atoms with E-state index in [0.717, 1.165) is 22.9 Å². The molecule has 1 aliphatic carbocycles. The summed E-state index contributed by atoms with van der Waals surface area (Å²) in [5.74, 6) is 0.847. The maximum atomic E-state index is 6.24. The maximum absolute atomic E-state index is 6.24. The van der Waals surface area contributed by atoms with Gasteiger partial charge in [-0.05, 0) is 31.9 Å². The van der Waals surface area contributed by atoms with Crippen LogP contribution in [0.1, 0.15) is 25.3 Å². The zero-order valence-corrected chi connectivity index (χ0v) is 11.7. The largest absolute Gasteiger partial charge is 0.488 e. The molecule has 18 heavy (non-hydrogen) atoms. The van der Waals surface area contributed by atoms with Crippen LogP contribution in [0.4, 0.5) is 0 Å². The number of methoxy groups -OCH3 is 1. The van der Waals surface area contributed by atoms with Crippen molar-refractivity contribution in [2.45, 2.75) is 38.5 Å². The lowest BCUT2D eigenvalue weighted by atomic mass is 10.2. The molecule has 1 N–H and O–H groups in total. The van der Waals surface area contributed by atoms with E-state index in [2.05, 4.69) is 5.32 Å². The van der Waals surface area contributed by atoms with E-state index in [1.54, 1.807) is 7.11 Å². The van der Waals surface area contributed by atoms with Crippen LogP contribution in [0.3, 0.4) is 0 Å². The molecule has 0 aromatic heterocycles. The van der Waals surface area contributed by atoms with E-state index < -0.39 is 0 Å². The molecule has 1 saturated carbocycles. The predicted octanol–water partition coefficient (Wildman–Crippen LogP) is 3.01. The molecule has 100 valence electrons. The number of rotatable bonds is 7. The molecule has 1 fully saturated rings. The molecular formula is C14H20ClNO2. The van der Waals surface area contributed by atoms with Crippen molar-refractivity contribution >= 4 is 11.6 Å². The van der Waals surface area contributed by atoms with E-state index in [4.69, 9.17) is 21.1 Å². The molecule has 0 amide bonds. The van der Waals surface area contributed by atoms with E-state index in [1.807, 2.05) is 25.1 Å². The second-order valence-corrected chi connectivity index (χ2v) is 5.16. The van der Waals surface area contributed by atoms with E-state index in [-0.39, 0.29) is 6.10 Å². The SMILES string of the molecule is COCC(C)Oc1cccc(Cl)c1CNC1CC1. The minimum absolute atomic E-state index is 0.0214. The Hall–Kier alpha value is -0.770. The third kappa shape index (κ3) is 3.87. The van der Waals surface area contributed by atoms with Gasteiger partial charge in [-0.15, -0.1) is 0 Å². The van der Waals surface area contributed by atoms with Crippen LogP contribution in [0, 0.1) is 0 Å². The van der Waals surface area contributed by atoms with Gasteiger partial charge in [-0.2, -0.15) is 0 Å². The van der Waals surface area contributed by atoms with Crippen molar-refractivity contribution in [3.05, 3.63) is 28.8 Å². The van der Waals surface area contributed by atoms with Gasteiger partial charge in [0.05, 0.1) is 6.61 Å². The van der Waals surface area contributed by atoms with E-state index >= 15 is 0 Å². The fourth-order valence-electron chi connectivity index (χ4n) is 1.84. The highest BCUT2D eigenvalue weighted by Crippen LogP contribution is 2.28. The molecule has 1 unspecified atom stereocenters. The molecule has 0 radical (unpaired) electrons. The minimum atomic E-state index is 0.0214. The zero-order chi connectivity index (χ0) is 13.0. The van der Waals surface area contributed by atoms with Crippen LogP contribution < -0.4 is 10.1 Å². The van der Waals surface area contributed by atoms with Crippen molar-refractivity contribution in [1.29, 1.82) is 0 Å². The Bertz CT molecular complexity index is 393. The molecule has 0 bridgehead atoms. The molecule has 3 nitrogen and oxygen atoms in total. The Morgan fingerprint density at radius 1 is 1.44 bits per heavy atom. The van der Waals surface area contributed by atoms with E-state index in [9.17, 15) is 0 Å². The number of benzene rings is 1. The Labute approximate surface area is 113 Å². The minimum Gasteiger partial charge on any atom is -0.488 e. The average molecular weight is 270 g/mol. The van der Waals surface area contributed by atoms with Crippen LogP contribution in [0.2, 0.25) is 5.02 Å². The summed E-state index contributed by atoms with van der Waals surface area (Å²) < 4.78 is 11.0. The molecule has 0 aliphatic heterocycles. The number of hydrogen-bond acceptors (Lipinski definition) is 3. The van der Waals surface area contributed by atoms with Gasteiger partial charge in [-0.25, -0.2) is 0 Å². The van der Waals surface area contributed by atoms with Crippen LogP contribution >= 0.6 is 11.6 Å². The van der Waals surface area contributed by atoms with Gasteiger partial charge in [0, 0.05) is 30.3 Å². The third-order valence-corrected chi connectivity index (χ3v) is 3.30. The molecule has 2 rings (SSSR count). The third-order valence-electron chi connectivity index (χ3n) is 2.95. The van der Waals surface area contributed by atoms with Crippen molar-refractivity contribution in [2.24, 2.45) is 0 Å². The van der Waals surface area contributed by atoms with Crippen LogP contribution in [0.25, 0.3) is 0 Å². The topological polar surface area (TPSA) is 30.5 Å². The zero-order valence-electron chi connectivity index (χ0n) is 10.9. The van der Waals surface area contributed by atoms with E-state index in [0.29, 0.717) is 12.6 Å². The summed E-state index contributed by atoms with van der Waals surface area (Å²) in [4.78, 5) is 0. The van der Waals surface area contributed by atoms with Crippen molar-refractivity contribution in [3.8, 4) is 5.75 Å². The monoisotopic (exact) mass is 269 g/mol. The van der Waals surface area contributed by atoms with Gasteiger partial charge in [-0.1, -0.05) is 17.7 Å². The van der Waals surface area contributed by atoms with Crippen molar-refractivity contribution in [3.63, 3.8) is 0 Å². The summed E-state index contributed by atoms with van der Waals surface area (Å²) in [5, 5.41) is 4.22. The van der Waals surface area contributed by atoms with Crippen molar-refractivity contribution in [1.82, 2.24) is 5.32 Å². The normalized spacial score (nSPS) is 16.6. The number of hydrogen-bond donors (Lipinski definition) is 1. The lowest BCUT2D eigenvalue weighted by molar-refractivity contribution is 0.0913. The fraction of sp³-hybridized carbons (Fsp3) is 0.571. The van der Waals surface area contributed by atoms with Crippen LogP contribution in [-0.4, -0.2) is 25.9 Å². The lowest BCUT2D eigenvalue weighted by Crippen LogP contribution is -2.21. The van der Waals surface area contributed by atoms with Crippen LogP contribution in [0.15, 0.2) is 18.2 Å². The second-order valence-electron chi connectivity index (χ2n) is 4.76. The Morgan fingerprint density at radius 2 is 2.22 bits per heavy atom. The number of ether oxygens (including phenoxy) is 2.